The highest BCUT2D eigenvalue weighted by Crippen LogP contribution is 2.36. The van der Waals surface area contributed by atoms with Crippen LogP contribution in [0.4, 0.5) is 0 Å². The number of carbonyl (C=O) groups excluding carboxylic acids is 1. The maximum atomic E-state index is 13.0. The van der Waals surface area contributed by atoms with Crippen molar-refractivity contribution in [1.29, 1.82) is 0 Å². The number of para-hydroxylation sites is 1. The summed E-state index contributed by atoms with van der Waals surface area (Å²) in [5.41, 5.74) is 0.228. The van der Waals surface area contributed by atoms with Crippen molar-refractivity contribution in [2.45, 2.75) is 26.0 Å². The number of aromatic nitrogens is 1. The molecule has 1 amide bonds. The molecule has 0 radical (unpaired) electrons. The van der Waals surface area contributed by atoms with Gasteiger partial charge in [-0.05, 0) is 32.0 Å². The van der Waals surface area contributed by atoms with Crippen molar-refractivity contribution >= 4 is 45.2 Å². The molecule has 0 saturated heterocycles. The zero-order chi connectivity index (χ0) is 22.9. The molecule has 7 heteroatoms. The van der Waals surface area contributed by atoms with Crippen LogP contribution in [0.25, 0.3) is 21.7 Å². The highest BCUT2D eigenvalue weighted by molar-refractivity contribution is 6.36. The molecule has 1 heterocycles. The van der Waals surface area contributed by atoms with Crippen molar-refractivity contribution in [1.82, 2.24) is 10.3 Å². The molecule has 3 aromatic carbocycles. The van der Waals surface area contributed by atoms with Gasteiger partial charge in [-0.25, -0.2) is 9.78 Å². The van der Waals surface area contributed by atoms with Gasteiger partial charge in [0, 0.05) is 21.2 Å². The number of hydrogen-bond acceptors (Lipinski definition) is 4. The van der Waals surface area contributed by atoms with Crippen molar-refractivity contribution < 1.29 is 19.4 Å². The van der Waals surface area contributed by atoms with Gasteiger partial charge in [-0.1, -0.05) is 60.1 Å². The first kappa shape index (κ1) is 21.6. The summed E-state index contributed by atoms with van der Waals surface area (Å²) in [4.78, 5) is 29.1. The predicted molar refractivity (Wildman–Crippen MR) is 124 cm³/mol. The predicted octanol–water partition coefficient (Wildman–Crippen LogP) is 5.21. The maximum Gasteiger partial charge on any atom is 0.328 e. The number of nitrogens with zero attached hydrogens (tertiary/aromatic N) is 1. The summed E-state index contributed by atoms with van der Waals surface area (Å²) in [7, 11) is 0. The fourth-order valence-electron chi connectivity index (χ4n) is 3.37. The number of amides is 1. The van der Waals surface area contributed by atoms with Crippen LogP contribution in [0.3, 0.4) is 0 Å². The molecule has 162 valence electrons. The van der Waals surface area contributed by atoms with Crippen LogP contribution in [0.15, 0.2) is 66.7 Å². The third-order valence-electron chi connectivity index (χ3n) is 5.17. The first-order valence-electron chi connectivity index (χ1n) is 10.0. The summed E-state index contributed by atoms with van der Waals surface area (Å²) in [6.07, 6.45) is 0. The molecule has 0 atom stereocenters. The van der Waals surface area contributed by atoms with E-state index < -0.39 is 17.4 Å². The average Bonchev–Trinajstić information content (AvgIpc) is 2.78. The van der Waals surface area contributed by atoms with Gasteiger partial charge in [0.25, 0.3) is 5.91 Å². The van der Waals surface area contributed by atoms with E-state index in [9.17, 15) is 14.7 Å². The molecule has 0 fully saturated rings. The number of hydrogen-bond donors (Lipinski definition) is 2. The third-order valence-corrected chi connectivity index (χ3v) is 5.48. The fraction of sp³-hybridized carbons (Fsp3) is 0.160. The van der Waals surface area contributed by atoms with Crippen LogP contribution in [-0.4, -0.2) is 27.5 Å². The van der Waals surface area contributed by atoms with E-state index in [2.05, 4.69) is 10.3 Å². The summed E-state index contributed by atoms with van der Waals surface area (Å²) >= 11 is 6.43. The Morgan fingerprint density at radius 1 is 1.03 bits per heavy atom. The second-order valence-electron chi connectivity index (χ2n) is 7.95. The van der Waals surface area contributed by atoms with E-state index in [1.54, 1.807) is 0 Å². The van der Waals surface area contributed by atoms with Crippen LogP contribution >= 0.6 is 11.6 Å². The molecule has 0 bridgehead atoms. The van der Waals surface area contributed by atoms with E-state index in [1.807, 2.05) is 60.7 Å². The molecule has 0 saturated carbocycles. The molecule has 0 unspecified atom stereocenters. The monoisotopic (exact) mass is 448 g/mol. The number of rotatable bonds is 6. The number of nitrogens with one attached hydrogen (secondary N) is 1. The Labute approximate surface area is 189 Å². The molecule has 0 aliphatic carbocycles. The first-order chi connectivity index (χ1) is 15.3. The van der Waals surface area contributed by atoms with E-state index in [4.69, 9.17) is 16.3 Å². The lowest BCUT2D eigenvalue weighted by molar-refractivity contribution is -0.143. The van der Waals surface area contributed by atoms with Crippen LogP contribution in [-0.2, 0) is 11.4 Å². The molecule has 0 aliphatic rings. The van der Waals surface area contributed by atoms with Gasteiger partial charge in [-0.2, -0.15) is 0 Å². The number of ether oxygens (including phenoxy) is 1. The minimum atomic E-state index is -1.47. The molecule has 1 aromatic heterocycles. The van der Waals surface area contributed by atoms with Crippen LogP contribution in [0.1, 0.15) is 29.9 Å². The van der Waals surface area contributed by atoms with Crippen molar-refractivity contribution in [2.75, 3.05) is 0 Å². The lowest BCUT2D eigenvalue weighted by Crippen LogP contribution is -2.49. The Hall–Kier alpha value is -3.64. The molecule has 32 heavy (non-hydrogen) atoms. The van der Waals surface area contributed by atoms with Gasteiger partial charge in [0.1, 0.15) is 17.9 Å². The number of benzene rings is 3. The smallest absolute Gasteiger partial charge is 0.328 e. The van der Waals surface area contributed by atoms with Gasteiger partial charge < -0.3 is 15.2 Å². The summed E-state index contributed by atoms with van der Waals surface area (Å²) in [5, 5.41) is 14.7. The van der Waals surface area contributed by atoms with E-state index >= 15 is 0 Å². The molecule has 0 aliphatic heterocycles. The second-order valence-corrected chi connectivity index (χ2v) is 8.36. The summed E-state index contributed by atoms with van der Waals surface area (Å²) in [6.45, 7) is 2.95. The van der Waals surface area contributed by atoms with Crippen LogP contribution < -0.4 is 10.1 Å². The number of carboxylic acids is 1. The van der Waals surface area contributed by atoms with Gasteiger partial charge in [0.2, 0.25) is 0 Å². The number of aliphatic carboxylic acids is 1. The van der Waals surface area contributed by atoms with Crippen molar-refractivity contribution in [3.8, 4) is 5.75 Å². The highest BCUT2D eigenvalue weighted by atomic mass is 35.5. The topological polar surface area (TPSA) is 88.5 Å². The number of pyridine rings is 1. The van der Waals surface area contributed by atoms with Crippen molar-refractivity contribution in [2.24, 2.45) is 0 Å². The number of halogens is 1. The summed E-state index contributed by atoms with van der Waals surface area (Å²) in [6, 6.07) is 20.4. The van der Waals surface area contributed by atoms with Crippen molar-refractivity contribution in [3.63, 3.8) is 0 Å². The van der Waals surface area contributed by atoms with Gasteiger partial charge >= 0.3 is 5.97 Å². The fourth-order valence-corrected chi connectivity index (χ4v) is 3.64. The second kappa shape index (κ2) is 8.48. The Bertz CT molecular complexity index is 1350. The lowest BCUT2D eigenvalue weighted by Gasteiger charge is -2.22. The largest absolute Gasteiger partial charge is 0.486 e. The normalized spacial score (nSPS) is 11.5. The van der Waals surface area contributed by atoms with E-state index in [0.717, 1.165) is 16.3 Å². The minimum Gasteiger partial charge on any atom is -0.486 e. The number of carboxylic acid groups (broad SMARTS) is 1. The van der Waals surface area contributed by atoms with Crippen LogP contribution in [0, 0.1) is 0 Å². The molecule has 4 aromatic rings. The van der Waals surface area contributed by atoms with Crippen molar-refractivity contribution in [3.05, 3.63) is 83.0 Å². The Balaban J connectivity index is 1.74. The van der Waals surface area contributed by atoms with Crippen LogP contribution in [0.5, 0.6) is 5.75 Å². The van der Waals surface area contributed by atoms with Gasteiger partial charge in [0.15, 0.2) is 0 Å². The Morgan fingerprint density at radius 2 is 1.72 bits per heavy atom. The van der Waals surface area contributed by atoms with Gasteiger partial charge in [-0.3, -0.25) is 4.79 Å². The molecule has 6 nitrogen and oxygen atoms in total. The molecule has 2 N–H and O–H groups in total. The average molecular weight is 449 g/mol. The molecular weight excluding hydrogens is 428 g/mol. The number of fused-ring (bicyclic) bond motifs is 2. The van der Waals surface area contributed by atoms with E-state index in [1.165, 1.54) is 19.9 Å². The minimum absolute atomic E-state index is 0.124. The molecule has 4 rings (SSSR count). The van der Waals surface area contributed by atoms with Crippen LogP contribution in [0.2, 0.25) is 5.02 Å². The quantitative estimate of drug-likeness (QED) is 0.422. The summed E-state index contributed by atoms with van der Waals surface area (Å²) in [5.74, 6) is -1.43. The van der Waals surface area contributed by atoms with E-state index in [-0.39, 0.29) is 12.2 Å². The van der Waals surface area contributed by atoms with Gasteiger partial charge in [-0.15, -0.1) is 0 Å². The highest BCUT2D eigenvalue weighted by Gasteiger charge is 2.31. The SMILES string of the molecule is CC(C)(NC(=O)c1cc(Cl)c2ccccc2c1OCc1ccc2ccccc2n1)C(=O)O. The molecule has 0 spiro atoms. The van der Waals surface area contributed by atoms with Gasteiger partial charge in [0.05, 0.1) is 16.8 Å². The summed E-state index contributed by atoms with van der Waals surface area (Å²) < 4.78 is 6.11. The standard InChI is InChI=1S/C25H21ClN2O4/c1-25(2,24(30)31)28-23(29)19-13-20(26)17-8-4-5-9-18(17)22(19)32-14-16-12-11-15-7-3-6-10-21(15)27-16/h3-13H,14H2,1-2H3,(H,28,29)(H,30,31). The van der Waals surface area contributed by atoms with E-state index in [0.29, 0.717) is 21.9 Å². The Kier molecular flexibility index (Phi) is 5.72. The lowest BCUT2D eigenvalue weighted by atomic mass is 10.0. The maximum absolute atomic E-state index is 13.0. The number of carbonyl (C=O) groups is 2. The zero-order valence-electron chi connectivity index (χ0n) is 17.6. The third kappa shape index (κ3) is 4.22. The Morgan fingerprint density at radius 3 is 2.47 bits per heavy atom. The zero-order valence-corrected chi connectivity index (χ0v) is 18.3. The first-order valence-corrected chi connectivity index (χ1v) is 10.4. The molecular formula is C25H21ClN2O4.